The monoisotopic (exact) mass is 286 g/mol. The third kappa shape index (κ3) is 4.90. The van der Waals surface area contributed by atoms with Gasteiger partial charge in [0.1, 0.15) is 12.4 Å². The van der Waals surface area contributed by atoms with Gasteiger partial charge in [-0.15, -0.1) is 0 Å². The number of hydrogen-bond acceptors (Lipinski definition) is 4. The molecule has 110 valence electrons. The Morgan fingerprint density at radius 1 is 0.952 bits per heavy atom. The molecule has 0 saturated carbocycles. The first kappa shape index (κ1) is 15.6. The average molecular weight is 286 g/mol. The van der Waals surface area contributed by atoms with E-state index in [1.807, 2.05) is 37.3 Å². The van der Waals surface area contributed by atoms with E-state index in [0.717, 1.165) is 5.56 Å². The van der Waals surface area contributed by atoms with E-state index < -0.39 is 7.12 Å². The largest absolute Gasteiger partial charge is 0.491 e. The molecule has 2 aromatic carbocycles. The summed E-state index contributed by atoms with van der Waals surface area (Å²) in [6.45, 7) is 2.94. The summed E-state index contributed by atoms with van der Waals surface area (Å²) < 4.78 is 11.2. The zero-order valence-electron chi connectivity index (χ0n) is 12.0. The van der Waals surface area contributed by atoms with Gasteiger partial charge in [0.15, 0.2) is 0 Å². The van der Waals surface area contributed by atoms with Crippen molar-refractivity contribution in [3.8, 4) is 5.75 Å². The second kappa shape index (κ2) is 7.83. The van der Waals surface area contributed by atoms with Crippen LogP contribution in [0.3, 0.4) is 0 Å². The number of ether oxygens (including phenoxy) is 2. The van der Waals surface area contributed by atoms with Gasteiger partial charge in [0, 0.05) is 0 Å². The summed E-state index contributed by atoms with van der Waals surface area (Å²) >= 11 is 0. The lowest BCUT2D eigenvalue weighted by Gasteiger charge is -2.14. The molecule has 2 N–H and O–H groups in total. The van der Waals surface area contributed by atoms with Crippen LogP contribution in [0.4, 0.5) is 0 Å². The highest BCUT2D eigenvalue weighted by Gasteiger charge is 2.10. The fourth-order valence-corrected chi connectivity index (χ4v) is 1.94. The zero-order chi connectivity index (χ0) is 15.1. The quantitative estimate of drug-likeness (QED) is 0.598. The van der Waals surface area contributed by atoms with Crippen LogP contribution < -0.4 is 10.2 Å². The van der Waals surface area contributed by atoms with Gasteiger partial charge in [-0.05, 0) is 30.1 Å². The fraction of sp³-hybridized carbons (Fsp3) is 0.250. The molecule has 1 unspecified atom stereocenters. The number of rotatable bonds is 7. The maximum absolute atomic E-state index is 8.99. The highest BCUT2D eigenvalue weighted by atomic mass is 16.5. The Kier molecular flexibility index (Phi) is 5.81. The van der Waals surface area contributed by atoms with E-state index >= 15 is 0 Å². The molecule has 21 heavy (non-hydrogen) atoms. The van der Waals surface area contributed by atoms with Gasteiger partial charge in [-0.1, -0.05) is 42.5 Å². The van der Waals surface area contributed by atoms with E-state index in [-0.39, 0.29) is 6.10 Å². The lowest BCUT2D eigenvalue weighted by Crippen LogP contribution is -2.29. The smallest absolute Gasteiger partial charge is 0.488 e. The maximum atomic E-state index is 8.99. The Hall–Kier alpha value is -1.82. The highest BCUT2D eigenvalue weighted by molar-refractivity contribution is 6.58. The van der Waals surface area contributed by atoms with Crippen LogP contribution in [0.1, 0.15) is 18.6 Å². The lowest BCUT2D eigenvalue weighted by atomic mass is 9.80. The van der Waals surface area contributed by atoms with Crippen LogP contribution in [0.5, 0.6) is 5.75 Å². The Labute approximate surface area is 125 Å². The Morgan fingerprint density at radius 3 is 2.24 bits per heavy atom. The first-order chi connectivity index (χ1) is 10.2. The van der Waals surface area contributed by atoms with Gasteiger partial charge in [0.25, 0.3) is 0 Å². The number of benzene rings is 2. The van der Waals surface area contributed by atoms with E-state index in [1.165, 1.54) is 0 Å². The highest BCUT2D eigenvalue weighted by Crippen LogP contribution is 2.15. The SMILES string of the molecule is CC(OCCOc1ccc(B(O)O)cc1)c1ccccc1. The van der Waals surface area contributed by atoms with Crippen molar-refractivity contribution in [3.63, 3.8) is 0 Å². The second-order valence-corrected chi connectivity index (χ2v) is 4.71. The van der Waals surface area contributed by atoms with E-state index in [9.17, 15) is 0 Å². The van der Waals surface area contributed by atoms with Crippen molar-refractivity contribution >= 4 is 12.6 Å². The summed E-state index contributed by atoms with van der Waals surface area (Å²) in [4.78, 5) is 0. The van der Waals surface area contributed by atoms with Gasteiger partial charge in [-0.25, -0.2) is 0 Å². The van der Waals surface area contributed by atoms with Gasteiger partial charge < -0.3 is 19.5 Å². The molecule has 0 aliphatic carbocycles. The van der Waals surface area contributed by atoms with Crippen molar-refractivity contribution < 1.29 is 19.5 Å². The predicted octanol–water partition coefficient (Wildman–Crippen LogP) is 1.52. The Morgan fingerprint density at radius 2 is 1.62 bits per heavy atom. The molecule has 0 aliphatic heterocycles. The lowest BCUT2D eigenvalue weighted by molar-refractivity contribution is 0.0439. The zero-order valence-corrected chi connectivity index (χ0v) is 12.0. The molecule has 1 atom stereocenters. The molecule has 2 rings (SSSR count). The molecule has 0 fully saturated rings. The normalized spacial score (nSPS) is 12.0. The number of hydrogen-bond donors (Lipinski definition) is 2. The van der Waals surface area contributed by atoms with Crippen LogP contribution in [-0.2, 0) is 4.74 Å². The molecule has 0 aromatic heterocycles. The minimum absolute atomic E-state index is 0.0294. The van der Waals surface area contributed by atoms with Crippen molar-refractivity contribution in [1.82, 2.24) is 0 Å². The van der Waals surface area contributed by atoms with Crippen LogP contribution >= 0.6 is 0 Å². The van der Waals surface area contributed by atoms with Crippen molar-refractivity contribution in [3.05, 3.63) is 60.2 Å². The first-order valence-corrected chi connectivity index (χ1v) is 6.92. The first-order valence-electron chi connectivity index (χ1n) is 6.92. The van der Waals surface area contributed by atoms with Crippen molar-refractivity contribution in [1.29, 1.82) is 0 Å². The molecular formula is C16H19BO4. The van der Waals surface area contributed by atoms with Crippen LogP contribution in [0.25, 0.3) is 0 Å². The van der Waals surface area contributed by atoms with E-state index in [0.29, 0.717) is 24.4 Å². The molecule has 0 radical (unpaired) electrons. The van der Waals surface area contributed by atoms with Crippen LogP contribution in [0, 0.1) is 0 Å². The molecule has 0 bridgehead atoms. The van der Waals surface area contributed by atoms with Crippen LogP contribution in [0.15, 0.2) is 54.6 Å². The molecule has 0 saturated heterocycles. The molecule has 0 spiro atoms. The van der Waals surface area contributed by atoms with Gasteiger partial charge in [0.05, 0.1) is 12.7 Å². The third-order valence-corrected chi connectivity index (χ3v) is 3.17. The second-order valence-electron chi connectivity index (χ2n) is 4.71. The fourth-order valence-electron chi connectivity index (χ4n) is 1.94. The molecule has 5 heteroatoms. The maximum Gasteiger partial charge on any atom is 0.488 e. The van der Waals surface area contributed by atoms with Gasteiger partial charge in [-0.3, -0.25) is 0 Å². The van der Waals surface area contributed by atoms with Gasteiger partial charge in [0.2, 0.25) is 0 Å². The predicted molar refractivity (Wildman–Crippen MR) is 82.6 cm³/mol. The topological polar surface area (TPSA) is 58.9 Å². The van der Waals surface area contributed by atoms with Crippen molar-refractivity contribution in [2.75, 3.05) is 13.2 Å². The summed E-state index contributed by atoms with van der Waals surface area (Å²) in [6.07, 6.45) is 0.0294. The standard InChI is InChI=1S/C16H19BO4/c1-13(14-5-3-2-4-6-14)20-11-12-21-16-9-7-15(8-10-16)17(18)19/h2-10,13,18-19H,11-12H2,1H3. The Bertz CT molecular complexity index is 528. The van der Waals surface area contributed by atoms with Gasteiger partial charge in [-0.2, -0.15) is 0 Å². The molecule has 0 heterocycles. The average Bonchev–Trinajstić information content (AvgIpc) is 2.52. The minimum atomic E-state index is -1.45. The molecule has 2 aromatic rings. The summed E-state index contributed by atoms with van der Waals surface area (Å²) in [5.74, 6) is 0.676. The van der Waals surface area contributed by atoms with E-state index in [2.05, 4.69) is 0 Å². The summed E-state index contributed by atoms with van der Waals surface area (Å²) in [7, 11) is -1.45. The van der Waals surface area contributed by atoms with Crippen LogP contribution in [-0.4, -0.2) is 30.4 Å². The van der Waals surface area contributed by atoms with Crippen molar-refractivity contribution in [2.24, 2.45) is 0 Å². The summed E-state index contributed by atoms with van der Waals surface area (Å²) in [6, 6.07) is 16.7. The van der Waals surface area contributed by atoms with Crippen LogP contribution in [0.2, 0.25) is 0 Å². The summed E-state index contributed by atoms with van der Waals surface area (Å²) in [5, 5.41) is 18.0. The molecule has 4 nitrogen and oxygen atoms in total. The van der Waals surface area contributed by atoms with Gasteiger partial charge >= 0.3 is 7.12 Å². The molecule has 0 aliphatic rings. The van der Waals surface area contributed by atoms with Crippen molar-refractivity contribution in [2.45, 2.75) is 13.0 Å². The van der Waals surface area contributed by atoms with E-state index in [4.69, 9.17) is 19.5 Å². The minimum Gasteiger partial charge on any atom is -0.491 e. The third-order valence-electron chi connectivity index (χ3n) is 3.17. The Balaban J connectivity index is 1.72. The summed E-state index contributed by atoms with van der Waals surface area (Å²) in [5.41, 5.74) is 1.58. The molecular weight excluding hydrogens is 267 g/mol. The molecule has 0 amide bonds. The van der Waals surface area contributed by atoms with E-state index in [1.54, 1.807) is 24.3 Å².